The Balaban J connectivity index is 1.59. The number of nitrogens with zero attached hydrogens (tertiary/aromatic N) is 5. The minimum atomic E-state index is -0.348. The van der Waals surface area contributed by atoms with E-state index >= 15 is 0 Å². The lowest BCUT2D eigenvalue weighted by Gasteiger charge is -2.10. The number of anilines is 1. The molecule has 34 heavy (non-hydrogen) atoms. The maximum Gasteiger partial charge on any atom is 0.263 e. The van der Waals surface area contributed by atoms with Gasteiger partial charge in [-0.1, -0.05) is 23.8 Å². The van der Waals surface area contributed by atoms with Crippen LogP contribution in [0.5, 0.6) is 0 Å². The second-order valence-corrected chi connectivity index (χ2v) is 8.36. The van der Waals surface area contributed by atoms with Crippen molar-refractivity contribution in [2.75, 3.05) is 5.32 Å². The smallest absolute Gasteiger partial charge is 0.263 e. The summed E-state index contributed by atoms with van der Waals surface area (Å²) in [5.41, 5.74) is 5.27. The second-order valence-electron chi connectivity index (χ2n) is 8.36. The Bertz CT molecular complexity index is 1620. The van der Waals surface area contributed by atoms with E-state index in [0.29, 0.717) is 28.1 Å². The van der Waals surface area contributed by atoms with Gasteiger partial charge in [-0.15, -0.1) is 0 Å². The predicted molar refractivity (Wildman–Crippen MR) is 130 cm³/mol. The number of benzene rings is 2. The fourth-order valence-corrected chi connectivity index (χ4v) is 3.78. The molecule has 1 amide bonds. The highest BCUT2D eigenvalue weighted by atomic mass is 16.2. The highest BCUT2D eigenvalue weighted by Gasteiger charge is 2.17. The van der Waals surface area contributed by atoms with Gasteiger partial charge in [0.2, 0.25) is 5.95 Å². The third-order valence-corrected chi connectivity index (χ3v) is 5.71. The first-order valence-electron chi connectivity index (χ1n) is 10.8. The number of H-pyrrole nitrogens is 1. The number of carbonyl (C=O) groups is 1. The lowest BCUT2D eigenvalue weighted by Crippen LogP contribution is -2.19. The van der Waals surface area contributed by atoms with Crippen molar-refractivity contribution in [1.29, 1.82) is 0 Å². The van der Waals surface area contributed by atoms with Gasteiger partial charge in [-0.25, -0.2) is 4.68 Å². The first-order valence-corrected chi connectivity index (χ1v) is 10.8. The minimum Gasteiger partial charge on any atom is -0.306 e. The molecule has 0 aliphatic carbocycles. The number of rotatable bonds is 4. The van der Waals surface area contributed by atoms with Crippen LogP contribution in [0.3, 0.4) is 0 Å². The monoisotopic (exact) mass is 453 g/mol. The van der Waals surface area contributed by atoms with Gasteiger partial charge in [0.05, 0.1) is 17.6 Å². The summed E-state index contributed by atoms with van der Waals surface area (Å²) in [7, 11) is 0. The summed E-state index contributed by atoms with van der Waals surface area (Å²) < 4.78 is 3.05. The van der Waals surface area contributed by atoms with E-state index in [-0.39, 0.29) is 17.4 Å². The molecule has 2 aromatic carbocycles. The average molecular weight is 454 g/mol. The summed E-state index contributed by atoms with van der Waals surface area (Å²) >= 11 is 0. The molecular formula is C25H23N7O2. The molecular weight excluding hydrogens is 430 g/mol. The van der Waals surface area contributed by atoms with Crippen LogP contribution in [0.4, 0.5) is 5.82 Å². The van der Waals surface area contributed by atoms with Gasteiger partial charge in [0.25, 0.3) is 11.5 Å². The molecule has 0 unspecified atom stereocenters. The van der Waals surface area contributed by atoms with Gasteiger partial charge >= 0.3 is 0 Å². The van der Waals surface area contributed by atoms with Crippen molar-refractivity contribution in [3.63, 3.8) is 0 Å². The van der Waals surface area contributed by atoms with Crippen molar-refractivity contribution in [3.8, 4) is 11.6 Å². The molecule has 0 atom stereocenters. The summed E-state index contributed by atoms with van der Waals surface area (Å²) in [5, 5.41) is 12.1. The molecule has 0 aliphatic rings. The number of aromatic nitrogens is 6. The molecule has 5 aromatic rings. The molecule has 5 rings (SSSR count). The Morgan fingerprint density at radius 3 is 2.56 bits per heavy atom. The van der Waals surface area contributed by atoms with Crippen molar-refractivity contribution in [3.05, 3.63) is 93.0 Å². The van der Waals surface area contributed by atoms with E-state index in [1.807, 2.05) is 51.1 Å². The number of fused-ring (bicyclic) bond motifs is 1. The summed E-state index contributed by atoms with van der Waals surface area (Å²) in [6.45, 7) is 7.78. The maximum atomic E-state index is 12.9. The summed E-state index contributed by atoms with van der Waals surface area (Å²) in [4.78, 5) is 33.1. The first kappa shape index (κ1) is 21.3. The van der Waals surface area contributed by atoms with Crippen LogP contribution in [-0.2, 0) is 0 Å². The molecule has 0 spiro atoms. The van der Waals surface area contributed by atoms with Crippen LogP contribution >= 0.6 is 0 Å². The van der Waals surface area contributed by atoms with Gasteiger partial charge in [0, 0.05) is 11.6 Å². The summed E-state index contributed by atoms with van der Waals surface area (Å²) in [6, 6.07) is 14.9. The van der Waals surface area contributed by atoms with E-state index in [4.69, 9.17) is 0 Å². The molecule has 0 aliphatic heterocycles. The summed E-state index contributed by atoms with van der Waals surface area (Å²) in [6.07, 6.45) is 1.49. The average Bonchev–Trinajstić information content (AvgIpc) is 3.39. The summed E-state index contributed by atoms with van der Waals surface area (Å²) in [5.74, 6) is 0.285. The van der Waals surface area contributed by atoms with E-state index in [1.165, 1.54) is 10.9 Å². The van der Waals surface area contributed by atoms with Crippen molar-refractivity contribution in [1.82, 2.24) is 29.5 Å². The number of hydrogen-bond acceptors (Lipinski definition) is 5. The number of hydrogen-bond donors (Lipinski definition) is 2. The van der Waals surface area contributed by atoms with Crippen LogP contribution in [0, 0.1) is 27.7 Å². The Hall–Kier alpha value is -4.53. The van der Waals surface area contributed by atoms with E-state index < -0.39 is 0 Å². The zero-order chi connectivity index (χ0) is 24.0. The highest BCUT2D eigenvalue weighted by molar-refractivity contribution is 6.04. The third-order valence-electron chi connectivity index (χ3n) is 5.71. The van der Waals surface area contributed by atoms with Crippen molar-refractivity contribution in [2.24, 2.45) is 0 Å². The number of nitrogens with one attached hydrogen (secondary N) is 2. The molecule has 9 heteroatoms. The van der Waals surface area contributed by atoms with Crippen LogP contribution < -0.4 is 10.9 Å². The van der Waals surface area contributed by atoms with Crippen LogP contribution in [0.1, 0.15) is 32.7 Å². The molecule has 0 radical (unpaired) electrons. The molecule has 0 saturated heterocycles. The lowest BCUT2D eigenvalue weighted by molar-refractivity contribution is 0.102. The molecule has 170 valence electrons. The number of aryl methyl sites for hydroxylation is 4. The molecule has 3 heterocycles. The van der Waals surface area contributed by atoms with Crippen molar-refractivity contribution in [2.45, 2.75) is 27.7 Å². The fourth-order valence-electron chi connectivity index (χ4n) is 3.78. The third kappa shape index (κ3) is 3.77. The Labute approximate surface area is 195 Å². The highest BCUT2D eigenvalue weighted by Crippen LogP contribution is 2.20. The van der Waals surface area contributed by atoms with E-state index in [1.54, 1.807) is 29.8 Å². The number of aromatic amines is 1. The van der Waals surface area contributed by atoms with Gasteiger partial charge in [-0.2, -0.15) is 19.9 Å². The van der Waals surface area contributed by atoms with E-state index in [2.05, 4.69) is 25.5 Å². The van der Waals surface area contributed by atoms with Gasteiger partial charge in [0.15, 0.2) is 5.65 Å². The van der Waals surface area contributed by atoms with Crippen LogP contribution in [0.2, 0.25) is 0 Å². The maximum absolute atomic E-state index is 12.9. The zero-order valence-electron chi connectivity index (χ0n) is 19.2. The molecule has 0 bridgehead atoms. The van der Waals surface area contributed by atoms with Gasteiger partial charge in [-0.3, -0.25) is 14.6 Å². The minimum absolute atomic E-state index is 0.177. The largest absolute Gasteiger partial charge is 0.306 e. The zero-order valence-corrected chi connectivity index (χ0v) is 19.2. The Morgan fingerprint density at radius 1 is 0.971 bits per heavy atom. The van der Waals surface area contributed by atoms with Crippen molar-refractivity contribution >= 4 is 22.8 Å². The van der Waals surface area contributed by atoms with Gasteiger partial charge in [-0.05, 0) is 63.1 Å². The standard InChI is InChI=1S/C25H23N7O2/c1-14-6-5-7-18(10-14)23(33)27-21-12-17(4)30-32(21)25-28-22-20(24(34)29-25)13-26-31(22)19-9-8-15(2)16(3)11-19/h5-13H,1-4H3,(H,27,33)(H,28,29,34). The predicted octanol–water partition coefficient (Wildman–Crippen LogP) is 3.78. The molecule has 2 N–H and O–H groups in total. The Morgan fingerprint density at radius 2 is 1.79 bits per heavy atom. The van der Waals surface area contributed by atoms with E-state index in [9.17, 15) is 9.59 Å². The molecule has 0 fully saturated rings. The van der Waals surface area contributed by atoms with Gasteiger partial charge < -0.3 is 5.32 Å². The van der Waals surface area contributed by atoms with Crippen LogP contribution in [-0.4, -0.2) is 35.4 Å². The second kappa shape index (κ2) is 8.11. The normalized spacial score (nSPS) is 11.2. The number of carbonyl (C=O) groups excluding carboxylic acids is 1. The van der Waals surface area contributed by atoms with Crippen LogP contribution in [0.25, 0.3) is 22.7 Å². The first-order chi connectivity index (χ1) is 16.3. The van der Waals surface area contributed by atoms with Crippen LogP contribution in [0.15, 0.2) is 59.5 Å². The molecule has 9 nitrogen and oxygen atoms in total. The number of amides is 1. The van der Waals surface area contributed by atoms with Crippen molar-refractivity contribution < 1.29 is 4.79 Å². The topological polar surface area (TPSA) is 110 Å². The van der Waals surface area contributed by atoms with E-state index in [0.717, 1.165) is 22.4 Å². The molecule has 3 aromatic heterocycles. The quantitative estimate of drug-likeness (QED) is 0.430. The lowest BCUT2D eigenvalue weighted by atomic mass is 10.1. The Kier molecular flexibility index (Phi) is 5.09. The fraction of sp³-hybridized carbons (Fsp3) is 0.160. The molecule has 0 saturated carbocycles. The van der Waals surface area contributed by atoms with Gasteiger partial charge in [0.1, 0.15) is 11.2 Å². The SMILES string of the molecule is Cc1cccc(C(=O)Nc2cc(C)nn2-c2nc3c(cnn3-c3ccc(C)c(C)c3)c(=O)[nH]2)c1.